The van der Waals surface area contributed by atoms with E-state index in [1.165, 1.54) is 25.7 Å². The summed E-state index contributed by atoms with van der Waals surface area (Å²) in [5, 5.41) is 3.01. The third kappa shape index (κ3) is 4.06. The molecule has 1 fully saturated rings. The van der Waals surface area contributed by atoms with Gasteiger partial charge in [-0.05, 0) is 30.2 Å². The number of hydrogen-bond acceptors (Lipinski definition) is 2. The van der Waals surface area contributed by atoms with Crippen molar-refractivity contribution in [3.8, 4) is 0 Å². The zero-order chi connectivity index (χ0) is 13.7. The molecule has 0 heterocycles. The minimum atomic E-state index is -0.554. The van der Waals surface area contributed by atoms with Crippen LogP contribution in [0, 0.1) is 11.8 Å². The predicted octanol–water partition coefficient (Wildman–Crippen LogP) is 2.63. The van der Waals surface area contributed by atoms with Crippen LogP contribution in [0.25, 0.3) is 0 Å². The summed E-state index contributed by atoms with van der Waals surface area (Å²) in [7, 11) is 0. The van der Waals surface area contributed by atoms with E-state index in [0.29, 0.717) is 5.92 Å². The van der Waals surface area contributed by atoms with Crippen molar-refractivity contribution in [3.63, 3.8) is 0 Å². The van der Waals surface area contributed by atoms with Crippen molar-refractivity contribution in [2.45, 2.75) is 38.6 Å². The van der Waals surface area contributed by atoms with Gasteiger partial charge < -0.3 is 11.1 Å². The summed E-state index contributed by atoms with van der Waals surface area (Å²) in [4.78, 5) is 12.0. The van der Waals surface area contributed by atoms with Crippen LogP contribution in [0.1, 0.15) is 44.2 Å². The Morgan fingerprint density at radius 1 is 1.37 bits per heavy atom. The lowest BCUT2D eigenvalue weighted by Crippen LogP contribution is -2.37. The van der Waals surface area contributed by atoms with E-state index in [9.17, 15) is 4.79 Å². The smallest absolute Gasteiger partial charge is 0.241 e. The van der Waals surface area contributed by atoms with Crippen LogP contribution in [-0.4, -0.2) is 12.5 Å². The summed E-state index contributed by atoms with van der Waals surface area (Å²) in [6.45, 7) is 3.06. The molecular formula is C16H24N2O. The molecule has 3 N–H and O–H groups in total. The molecule has 0 radical (unpaired) electrons. The van der Waals surface area contributed by atoms with Gasteiger partial charge in [0.05, 0.1) is 0 Å². The van der Waals surface area contributed by atoms with Crippen LogP contribution in [-0.2, 0) is 4.79 Å². The fourth-order valence-corrected chi connectivity index (χ4v) is 2.91. The number of nitrogens with one attached hydrogen (secondary N) is 1. The molecule has 1 aliphatic carbocycles. The van der Waals surface area contributed by atoms with Crippen LogP contribution in [0.2, 0.25) is 0 Å². The van der Waals surface area contributed by atoms with E-state index in [1.54, 1.807) is 0 Å². The molecule has 1 aliphatic rings. The van der Waals surface area contributed by atoms with Gasteiger partial charge >= 0.3 is 0 Å². The second kappa shape index (κ2) is 6.71. The van der Waals surface area contributed by atoms with E-state index in [1.807, 2.05) is 30.3 Å². The standard InChI is InChI=1S/C16H24N2O/c1-12-6-5-7-13(10-12)11-18-16(19)15(17)14-8-3-2-4-9-14/h2-4,8-9,12-13,15H,5-7,10-11,17H2,1H3,(H,18,19)/t12?,13?,15-/m1/s1. The normalized spacial score (nSPS) is 24.7. The minimum absolute atomic E-state index is 0.0653. The first-order valence-electron chi connectivity index (χ1n) is 7.25. The van der Waals surface area contributed by atoms with Crippen LogP contribution in [0.15, 0.2) is 30.3 Å². The molecule has 19 heavy (non-hydrogen) atoms. The molecular weight excluding hydrogens is 236 g/mol. The zero-order valence-corrected chi connectivity index (χ0v) is 11.6. The fraction of sp³-hybridized carbons (Fsp3) is 0.562. The molecule has 2 rings (SSSR count). The number of carbonyl (C=O) groups excluding carboxylic acids is 1. The van der Waals surface area contributed by atoms with E-state index in [-0.39, 0.29) is 5.91 Å². The first kappa shape index (κ1) is 14.1. The first-order chi connectivity index (χ1) is 9.16. The molecule has 104 valence electrons. The average Bonchev–Trinajstić information content (AvgIpc) is 2.45. The van der Waals surface area contributed by atoms with Crippen LogP contribution in [0.5, 0.6) is 0 Å². The number of amides is 1. The average molecular weight is 260 g/mol. The van der Waals surface area contributed by atoms with Crippen LogP contribution < -0.4 is 11.1 Å². The van der Waals surface area contributed by atoms with Gasteiger partial charge in [0.1, 0.15) is 6.04 Å². The van der Waals surface area contributed by atoms with E-state index in [2.05, 4.69) is 12.2 Å². The third-order valence-electron chi connectivity index (χ3n) is 4.05. The highest BCUT2D eigenvalue weighted by Gasteiger charge is 2.21. The molecule has 1 amide bonds. The molecule has 1 aromatic rings. The number of benzene rings is 1. The summed E-state index contributed by atoms with van der Waals surface area (Å²) in [5.74, 6) is 1.35. The maximum atomic E-state index is 12.0. The van der Waals surface area contributed by atoms with E-state index < -0.39 is 6.04 Å². The molecule has 0 aliphatic heterocycles. The molecule has 0 bridgehead atoms. The lowest BCUT2D eigenvalue weighted by Gasteiger charge is -2.27. The Morgan fingerprint density at radius 3 is 2.79 bits per heavy atom. The Kier molecular flexibility index (Phi) is 4.97. The Bertz CT molecular complexity index is 404. The molecule has 0 spiro atoms. The summed E-state index contributed by atoms with van der Waals surface area (Å²) in [5.41, 5.74) is 6.84. The molecule has 3 nitrogen and oxygen atoms in total. The fourth-order valence-electron chi connectivity index (χ4n) is 2.91. The highest BCUT2D eigenvalue weighted by atomic mass is 16.2. The molecule has 1 saturated carbocycles. The molecule has 1 aromatic carbocycles. The summed E-state index contributed by atoms with van der Waals surface area (Å²) in [6, 6.07) is 8.98. The molecule has 0 saturated heterocycles. The van der Waals surface area contributed by atoms with Crippen LogP contribution in [0.3, 0.4) is 0 Å². The SMILES string of the molecule is CC1CCCC(CNC(=O)[C@H](N)c2ccccc2)C1. The monoisotopic (exact) mass is 260 g/mol. The van der Waals surface area contributed by atoms with Crippen molar-refractivity contribution in [1.29, 1.82) is 0 Å². The van der Waals surface area contributed by atoms with Gasteiger partial charge in [-0.3, -0.25) is 4.79 Å². The van der Waals surface area contributed by atoms with Crippen molar-refractivity contribution in [1.82, 2.24) is 5.32 Å². The zero-order valence-electron chi connectivity index (χ0n) is 11.6. The molecule has 0 aromatic heterocycles. The Labute approximate surface area is 115 Å². The lowest BCUT2D eigenvalue weighted by molar-refractivity contribution is -0.122. The second-order valence-electron chi connectivity index (χ2n) is 5.77. The Morgan fingerprint density at radius 2 is 2.11 bits per heavy atom. The van der Waals surface area contributed by atoms with Crippen molar-refractivity contribution >= 4 is 5.91 Å². The van der Waals surface area contributed by atoms with Gasteiger partial charge in [-0.1, -0.05) is 50.1 Å². The summed E-state index contributed by atoms with van der Waals surface area (Å²) < 4.78 is 0. The maximum absolute atomic E-state index is 12.0. The van der Waals surface area contributed by atoms with E-state index >= 15 is 0 Å². The topological polar surface area (TPSA) is 55.1 Å². The maximum Gasteiger partial charge on any atom is 0.241 e. The van der Waals surface area contributed by atoms with Gasteiger partial charge in [-0.2, -0.15) is 0 Å². The molecule has 3 heteroatoms. The van der Waals surface area contributed by atoms with E-state index in [4.69, 9.17) is 5.73 Å². The quantitative estimate of drug-likeness (QED) is 0.874. The van der Waals surface area contributed by atoms with Crippen molar-refractivity contribution < 1.29 is 4.79 Å². The third-order valence-corrected chi connectivity index (χ3v) is 4.05. The lowest BCUT2D eigenvalue weighted by atomic mass is 9.82. The summed E-state index contributed by atoms with van der Waals surface area (Å²) >= 11 is 0. The largest absolute Gasteiger partial charge is 0.354 e. The van der Waals surface area contributed by atoms with Crippen molar-refractivity contribution in [3.05, 3.63) is 35.9 Å². The van der Waals surface area contributed by atoms with Gasteiger partial charge in [0.25, 0.3) is 0 Å². The molecule has 3 atom stereocenters. The van der Waals surface area contributed by atoms with Gasteiger partial charge in [0.15, 0.2) is 0 Å². The van der Waals surface area contributed by atoms with Crippen LogP contribution >= 0.6 is 0 Å². The predicted molar refractivity (Wildman–Crippen MR) is 77.5 cm³/mol. The van der Waals surface area contributed by atoms with Gasteiger partial charge in [0, 0.05) is 6.54 Å². The highest BCUT2D eigenvalue weighted by molar-refractivity contribution is 5.82. The number of carbonyl (C=O) groups is 1. The highest BCUT2D eigenvalue weighted by Crippen LogP contribution is 2.28. The number of hydrogen-bond donors (Lipinski definition) is 2. The Hall–Kier alpha value is -1.35. The second-order valence-corrected chi connectivity index (χ2v) is 5.77. The van der Waals surface area contributed by atoms with Gasteiger partial charge in [0.2, 0.25) is 5.91 Å². The Balaban J connectivity index is 1.81. The first-order valence-corrected chi connectivity index (χ1v) is 7.25. The molecule has 2 unspecified atom stereocenters. The minimum Gasteiger partial charge on any atom is -0.354 e. The number of nitrogens with two attached hydrogens (primary N) is 1. The van der Waals surface area contributed by atoms with Crippen LogP contribution in [0.4, 0.5) is 0 Å². The van der Waals surface area contributed by atoms with Crippen molar-refractivity contribution in [2.24, 2.45) is 17.6 Å². The number of rotatable bonds is 4. The van der Waals surface area contributed by atoms with E-state index in [0.717, 1.165) is 18.0 Å². The summed E-state index contributed by atoms with van der Waals surface area (Å²) in [6.07, 6.45) is 5.06. The van der Waals surface area contributed by atoms with Gasteiger partial charge in [-0.25, -0.2) is 0 Å². The van der Waals surface area contributed by atoms with Crippen molar-refractivity contribution in [2.75, 3.05) is 6.54 Å². The van der Waals surface area contributed by atoms with Gasteiger partial charge in [-0.15, -0.1) is 0 Å².